The quantitative estimate of drug-likeness (QED) is 0.587. The van der Waals surface area contributed by atoms with Crippen LogP contribution in [0.25, 0.3) is 0 Å². The van der Waals surface area contributed by atoms with Crippen LogP contribution in [0.3, 0.4) is 0 Å². The third-order valence-corrected chi connectivity index (χ3v) is 2.10. The van der Waals surface area contributed by atoms with Crippen molar-refractivity contribution in [3.05, 3.63) is 17.5 Å². The van der Waals surface area contributed by atoms with Gasteiger partial charge in [-0.1, -0.05) is 0 Å². The van der Waals surface area contributed by atoms with Gasteiger partial charge in [-0.05, 0) is 19.4 Å². The summed E-state index contributed by atoms with van der Waals surface area (Å²) in [5.41, 5.74) is 2.22. The maximum Gasteiger partial charge on any atom is 0.0613 e. The van der Waals surface area contributed by atoms with Gasteiger partial charge in [0.05, 0.1) is 11.8 Å². The Morgan fingerprint density at radius 3 is 3.36 bits per heavy atom. The molecule has 1 unspecified atom stereocenters. The van der Waals surface area contributed by atoms with Gasteiger partial charge >= 0.3 is 0 Å². The van der Waals surface area contributed by atoms with Crippen LogP contribution in [0.5, 0.6) is 0 Å². The molecule has 3 nitrogen and oxygen atoms in total. The summed E-state index contributed by atoms with van der Waals surface area (Å²) in [7, 11) is 0. The molecule has 0 amide bonds. The van der Waals surface area contributed by atoms with Gasteiger partial charge in [-0.2, -0.15) is 5.10 Å². The lowest BCUT2D eigenvalue weighted by Crippen LogP contribution is -2.23. The Labute approximate surface area is 65.7 Å². The van der Waals surface area contributed by atoms with Crippen molar-refractivity contribution in [1.82, 2.24) is 9.78 Å². The lowest BCUT2D eigenvalue weighted by atomic mass is 10.1. The Balaban J connectivity index is 2.34. The number of rotatable bonds is 0. The summed E-state index contributed by atoms with van der Waals surface area (Å²) in [4.78, 5) is 0. The smallest absolute Gasteiger partial charge is 0.0613 e. The molecule has 0 aromatic carbocycles. The van der Waals surface area contributed by atoms with E-state index < -0.39 is 0 Å². The number of hydrogen-bond donors (Lipinski definition) is 1. The first-order chi connectivity index (χ1) is 5.25. The van der Waals surface area contributed by atoms with Crippen LogP contribution in [-0.2, 0) is 13.0 Å². The average Bonchev–Trinajstić information content (AvgIpc) is 2.27. The zero-order valence-electron chi connectivity index (χ0n) is 6.62. The summed E-state index contributed by atoms with van der Waals surface area (Å²) in [5, 5.41) is 13.6. The van der Waals surface area contributed by atoms with Gasteiger partial charge in [0.15, 0.2) is 0 Å². The molecule has 0 fully saturated rings. The average molecular weight is 152 g/mol. The minimum Gasteiger partial charge on any atom is -0.393 e. The third kappa shape index (κ3) is 1.16. The Bertz CT molecular complexity index is 267. The molecule has 1 aliphatic heterocycles. The summed E-state index contributed by atoms with van der Waals surface area (Å²) in [6.45, 7) is 2.85. The van der Waals surface area contributed by atoms with Crippen LogP contribution in [0.1, 0.15) is 17.8 Å². The number of aliphatic hydroxyl groups excluding tert-OH is 1. The van der Waals surface area contributed by atoms with E-state index in [9.17, 15) is 5.11 Å². The van der Waals surface area contributed by atoms with Crippen molar-refractivity contribution in [2.24, 2.45) is 0 Å². The monoisotopic (exact) mass is 152 g/mol. The van der Waals surface area contributed by atoms with E-state index in [1.807, 2.05) is 17.7 Å². The molecule has 3 heteroatoms. The van der Waals surface area contributed by atoms with Crippen molar-refractivity contribution in [2.75, 3.05) is 0 Å². The molecule has 0 saturated carbocycles. The SMILES string of the molecule is Cc1cc2n(n1)CCC(O)C2. The lowest BCUT2D eigenvalue weighted by Gasteiger charge is -2.17. The molecule has 2 rings (SSSR count). The predicted molar refractivity (Wildman–Crippen MR) is 41.3 cm³/mol. The fraction of sp³-hybridized carbons (Fsp3) is 0.625. The number of fused-ring (bicyclic) bond motifs is 1. The van der Waals surface area contributed by atoms with Crippen LogP contribution >= 0.6 is 0 Å². The molecule has 0 spiro atoms. The first kappa shape index (κ1) is 6.85. The second-order valence-electron chi connectivity index (χ2n) is 3.15. The van der Waals surface area contributed by atoms with E-state index in [4.69, 9.17) is 0 Å². The van der Waals surface area contributed by atoms with Crippen LogP contribution in [-0.4, -0.2) is 21.0 Å². The summed E-state index contributed by atoms with van der Waals surface area (Å²) >= 11 is 0. The highest BCUT2D eigenvalue weighted by Gasteiger charge is 2.16. The fourth-order valence-electron chi connectivity index (χ4n) is 1.57. The fourth-order valence-corrected chi connectivity index (χ4v) is 1.57. The number of aliphatic hydroxyl groups is 1. The summed E-state index contributed by atoms with van der Waals surface area (Å²) in [5.74, 6) is 0. The molecule has 1 N–H and O–H groups in total. The van der Waals surface area contributed by atoms with Crippen molar-refractivity contribution in [2.45, 2.75) is 32.4 Å². The van der Waals surface area contributed by atoms with Crippen LogP contribution < -0.4 is 0 Å². The van der Waals surface area contributed by atoms with Gasteiger partial charge in [-0.3, -0.25) is 4.68 Å². The molecule has 0 saturated heterocycles. The lowest BCUT2D eigenvalue weighted by molar-refractivity contribution is 0.140. The molecule has 1 aromatic heterocycles. The Morgan fingerprint density at radius 2 is 2.55 bits per heavy atom. The molecular weight excluding hydrogens is 140 g/mol. The molecule has 60 valence electrons. The van der Waals surface area contributed by atoms with Crippen molar-refractivity contribution >= 4 is 0 Å². The van der Waals surface area contributed by atoms with E-state index in [0.717, 1.165) is 25.1 Å². The van der Waals surface area contributed by atoms with Gasteiger partial charge < -0.3 is 5.11 Å². The topological polar surface area (TPSA) is 38.0 Å². The normalized spacial score (nSPS) is 23.3. The van der Waals surface area contributed by atoms with Crippen molar-refractivity contribution in [3.63, 3.8) is 0 Å². The van der Waals surface area contributed by atoms with Crippen molar-refractivity contribution < 1.29 is 5.11 Å². The van der Waals surface area contributed by atoms with Crippen molar-refractivity contribution in [3.8, 4) is 0 Å². The molecule has 0 bridgehead atoms. The second kappa shape index (κ2) is 2.34. The molecule has 1 aliphatic rings. The first-order valence-electron chi connectivity index (χ1n) is 3.97. The molecule has 1 aromatic rings. The Kier molecular flexibility index (Phi) is 1.46. The standard InChI is InChI=1S/C8H12N2O/c1-6-4-7-5-8(11)2-3-10(7)9-6/h4,8,11H,2-3,5H2,1H3. The van der Waals surface area contributed by atoms with E-state index in [2.05, 4.69) is 5.10 Å². The minimum atomic E-state index is -0.154. The maximum atomic E-state index is 9.32. The van der Waals surface area contributed by atoms with E-state index in [0.29, 0.717) is 0 Å². The number of nitrogens with zero attached hydrogens (tertiary/aromatic N) is 2. The maximum absolute atomic E-state index is 9.32. The number of aryl methyl sites for hydroxylation is 2. The highest BCUT2D eigenvalue weighted by atomic mass is 16.3. The van der Waals surface area contributed by atoms with E-state index in [1.165, 1.54) is 5.69 Å². The van der Waals surface area contributed by atoms with Gasteiger partial charge in [0.25, 0.3) is 0 Å². The van der Waals surface area contributed by atoms with Crippen LogP contribution in [0.4, 0.5) is 0 Å². The van der Waals surface area contributed by atoms with Gasteiger partial charge in [0.1, 0.15) is 0 Å². The number of aromatic nitrogens is 2. The predicted octanol–water partition coefficient (Wildman–Crippen LogP) is 0.499. The Hall–Kier alpha value is -0.830. The van der Waals surface area contributed by atoms with Gasteiger partial charge in [0, 0.05) is 18.7 Å². The zero-order valence-corrected chi connectivity index (χ0v) is 6.62. The van der Waals surface area contributed by atoms with Crippen LogP contribution in [0.15, 0.2) is 6.07 Å². The van der Waals surface area contributed by atoms with E-state index >= 15 is 0 Å². The Morgan fingerprint density at radius 1 is 1.73 bits per heavy atom. The molecule has 2 heterocycles. The summed E-state index contributed by atoms with van der Waals surface area (Å²) in [6.07, 6.45) is 1.45. The summed E-state index contributed by atoms with van der Waals surface area (Å²) in [6, 6.07) is 2.04. The first-order valence-corrected chi connectivity index (χ1v) is 3.97. The zero-order chi connectivity index (χ0) is 7.84. The highest BCUT2D eigenvalue weighted by Crippen LogP contribution is 2.14. The molecule has 1 atom stereocenters. The van der Waals surface area contributed by atoms with Crippen molar-refractivity contribution in [1.29, 1.82) is 0 Å². The molecule has 0 radical (unpaired) electrons. The van der Waals surface area contributed by atoms with Gasteiger partial charge in [-0.15, -0.1) is 0 Å². The third-order valence-electron chi connectivity index (χ3n) is 2.10. The molecule has 0 aliphatic carbocycles. The van der Waals surface area contributed by atoms with Gasteiger partial charge in [-0.25, -0.2) is 0 Å². The largest absolute Gasteiger partial charge is 0.393 e. The number of hydrogen-bond acceptors (Lipinski definition) is 2. The summed E-state index contributed by atoms with van der Waals surface area (Å²) < 4.78 is 1.99. The molecular formula is C8H12N2O. The van der Waals surface area contributed by atoms with E-state index in [1.54, 1.807) is 0 Å². The van der Waals surface area contributed by atoms with E-state index in [-0.39, 0.29) is 6.10 Å². The highest BCUT2D eigenvalue weighted by molar-refractivity contribution is 5.11. The van der Waals surface area contributed by atoms with Crippen LogP contribution in [0, 0.1) is 6.92 Å². The van der Waals surface area contributed by atoms with Crippen LogP contribution in [0.2, 0.25) is 0 Å². The minimum absolute atomic E-state index is 0.154. The second-order valence-corrected chi connectivity index (χ2v) is 3.15. The van der Waals surface area contributed by atoms with Gasteiger partial charge in [0.2, 0.25) is 0 Å². The molecule has 11 heavy (non-hydrogen) atoms.